The van der Waals surface area contributed by atoms with E-state index in [2.05, 4.69) is 0 Å². The number of halogens is 1. The van der Waals surface area contributed by atoms with Crippen LogP contribution in [0.25, 0.3) is 0 Å². The molecule has 0 spiro atoms. The molecule has 0 atom stereocenters. The number of benzene rings is 1. The molecule has 1 fully saturated rings. The molecular formula is C14H19ClN2O2. The fourth-order valence-corrected chi connectivity index (χ4v) is 2.29. The van der Waals surface area contributed by atoms with Crippen LogP contribution in [0.4, 0.5) is 0 Å². The highest BCUT2D eigenvalue weighted by Crippen LogP contribution is 2.27. The van der Waals surface area contributed by atoms with Gasteiger partial charge in [-0.15, -0.1) is 0 Å². The summed E-state index contributed by atoms with van der Waals surface area (Å²) in [5, 5.41) is 0.618. The molecule has 1 amide bonds. The van der Waals surface area contributed by atoms with E-state index in [9.17, 15) is 4.79 Å². The monoisotopic (exact) mass is 282 g/mol. The first-order valence-corrected chi connectivity index (χ1v) is 6.94. The van der Waals surface area contributed by atoms with E-state index in [1.165, 1.54) is 0 Å². The van der Waals surface area contributed by atoms with Crippen molar-refractivity contribution in [1.29, 1.82) is 0 Å². The topological polar surface area (TPSA) is 55.6 Å². The summed E-state index contributed by atoms with van der Waals surface area (Å²) in [5.41, 5.74) is 6.45. The summed E-state index contributed by atoms with van der Waals surface area (Å²) < 4.78 is 5.58. The van der Waals surface area contributed by atoms with Gasteiger partial charge in [-0.25, -0.2) is 0 Å². The molecule has 1 aliphatic carbocycles. The van der Waals surface area contributed by atoms with Crippen molar-refractivity contribution in [2.45, 2.75) is 32.4 Å². The molecule has 2 rings (SSSR count). The average Bonchev–Trinajstić information content (AvgIpc) is 3.22. The standard InChI is InChI=1S/C14H19ClN2O2/c1-2-17(12-4-5-12)14(18)9-19-13-6-3-11(15)7-10(13)8-16/h3,6-7,12H,2,4-5,8-9,16H2,1H3. The Bertz CT molecular complexity index is 461. The molecule has 0 bridgehead atoms. The van der Waals surface area contributed by atoms with Gasteiger partial charge < -0.3 is 15.4 Å². The van der Waals surface area contributed by atoms with Crippen molar-refractivity contribution >= 4 is 17.5 Å². The Morgan fingerprint density at radius 1 is 1.53 bits per heavy atom. The summed E-state index contributed by atoms with van der Waals surface area (Å²) in [7, 11) is 0. The van der Waals surface area contributed by atoms with Crippen LogP contribution in [-0.2, 0) is 11.3 Å². The maximum Gasteiger partial charge on any atom is 0.260 e. The summed E-state index contributed by atoms with van der Waals surface area (Å²) in [6.07, 6.45) is 2.21. The lowest BCUT2D eigenvalue weighted by Gasteiger charge is -2.20. The van der Waals surface area contributed by atoms with Gasteiger partial charge in [-0.1, -0.05) is 11.6 Å². The Morgan fingerprint density at radius 3 is 2.84 bits per heavy atom. The zero-order valence-electron chi connectivity index (χ0n) is 11.1. The Labute approximate surface area is 118 Å². The summed E-state index contributed by atoms with van der Waals surface area (Å²) in [4.78, 5) is 13.9. The van der Waals surface area contributed by atoms with Crippen LogP contribution < -0.4 is 10.5 Å². The molecule has 0 heterocycles. The number of hydrogen-bond acceptors (Lipinski definition) is 3. The van der Waals surface area contributed by atoms with Crippen molar-refractivity contribution in [2.75, 3.05) is 13.2 Å². The van der Waals surface area contributed by atoms with Crippen molar-refractivity contribution < 1.29 is 9.53 Å². The lowest BCUT2D eigenvalue weighted by atomic mass is 10.2. The number of nitrogens with two attached hydrogens (primary N) is 1. The third kappa shape index (κ3) is 3.61. The molecule has 2 N–H and O–H groups in total. The fourth-order valence-electron chi connectivity index (χ4n) is 2.10. The van der Waals surface area contributed by atoms with Gasteiger partial charge in [0.15, 0.2) is 6.61 Å². The molecular weight excluding hydrogens is 264 g/mol. The van der Waals surface area contributed by atoms with E-state index in [0.29, 0.717) is 23.4 Å². The van der Waals surface area contributed by atoms with Gasteiger partial charge in [-0.2, -0.15) is 0 Å². The maximum absolute atomic E-state index is 12.0. The van der Waals surface area contributed by atoms with Crippen LogP contribution in [-0.4, -0.2) is 30.0 Å². The van der Waals surface area contributed by atoms with Crippen LogP contribution in [0.2, 0.25) is 5.02 Å². The molecule has 1 aliphatic rings. The normalized spacial score (nSPS) is 14.3. The molecule has 0 radical (unpaired) electrons. The molecule has 5 heteroatoms. The van der Waals surface area contributed by atoms with E-state index in [-0.39, 0.29) is 12.5 Å². The van der Waals surface area contributed by atoms with E-state index in [1.807, 2.05) is 11.8 Å². The van der Waals surface area contributed by atoms with Gasteiger partial charge in [0, 0.05) is 29.7 Å². The van der Waals surface area contributed by atoms with Crippen LogP contribution in [0.1, 0.15) is 25.3 Å². The second kappa shape index (κ2) is 6.26. The first-order valence-electron chi connectivity index (χ1n) is 6.56. The quantitative estimate of drug-likeness (QED) is 0.870. The summed E-state index contributed by atoms with van der Waals surface area (Å²) in [6, 6.07) is 5.67. The molecule has 1 aromatic rings. The molecule has 104 valence electrons. The van der Waals surface area contributed by atoms with Crippen LogP contribution in [0, 0.1) is 0 Å². The van der Waals surface area contributed by atoms with Gasteiger partial charge >= 0.3 is 0 Å². The number of amides is 1. The zero-order valence-corrected chi connectivity index (χ0v) is 11.8. The molecule has 19 heavy (non-hydrogen) atoms. The molecule has 0 aliphatic heterocycles. The van der Waals surface area contributed by atoms with Crippen LogP contribution in [0.15, 0.2) is 18.2 Å². The number of carbonyl (C=O) groups is 1. The summed E-state index contributed by atoms with van der Waals surface area (Å²) in [6.45, 7) is 3.12. The average molecular weight is 283 g/mol. The Hall–Kier alpha value is -1.26. The molecule has 0 aromatic heterocycles. The summed E-state index contributed by atoms with van der Waals surface area (Å²) >= 11 is 5.89. The van der Waals surface area contributed by atoms with Crippen molar-refractivity contribution in [3.8, 4) is 5.75 Å². The molecule has 0 saturated heterocycles. The van der Waals surface area contributed by atoms with E-state index in [4.69, 9.17) is 22.1 Å². The fraction of sp³-hybridized carbons (Fsp3) is 0.500. The maximum atomic E-state index is 12.0. The van der Waals surface area contributed by atoms with Crippen molar-refractivity contribution in [3.05, 3.63) is 28.8 Å². The van der Waals surface area contributed by atoms with Gasteiger partial charge in [0.05, 0.1) is 0 Å². The predicted octanol–water partition coefficient (Wildman–Crippen LogP) is 2.19. The third-order valence-corrected chi connectivity index (χ3v) is 3.48. The highest BCUT2D eigenvalue weighted by molar-refractivity contribution is 6.30. The van der Waals surface area contributed by atoms with Gasteiger partial charge in [0.1, 0.15) is 5.75 Å². The minimum absolute atomic E-state index is 0.0305. The van der Waals surface area contributed by atoms with E-state index >= 15 is 0 Å². The lowest BCUT2D eigenvalue weighted by molar-refractivity contribution is -0.133. The van der Waals surface area contributed by atoms with Gasteiger partial charge in [-0.3, -0.25) is 4.79 Å². The van der Waals surface area contributed by atoms with Crippen molar-refractivity contribution in [3.63, 3.8) is 0 Å². The minimum Gasteiger partial charge on any atom is -0.483 e. The predicted molar refractivity (Wildman–Crippen MR) is 75.2 cm³/mol. The Morgan fingerprint density at radius 2 is 2.26 bits per heavy atom. The Kier molecular flexibility index (Phi) is 4.66. The van der Waals surface area contributed by atoms with Gasteiger partial charge in [-0.05, 0) is 38.0 Å². The number of likely N-dealkylation sites (N-methyl/N-ethyl adjacent to an activating group) is 1. The van der Waals surface area contributed by atoms with E-state index in [0.717, 1.165) is 24.9 Å². The third-order valence-electron chi connectivity index (χ3n) is 3.24. The van der Waals surface area contributed by atoms with Gasteiger partial charge in [0.2, 0.25) is 0 Å². The van der Waals surface area contributed by atoms with Crippen LogP contribution >= 0.6 is 11.6 Å². The SMILES string of the molecule is CCN(C(=O)COc1ccc(Cl)cc1CN)C1CC1. The van der Waals surface area contributed by atoms with Crippen LogP contribution in [0.5, 0.6) is 5.75 Å². The van der Waals surface area contributed by atoms with Crippen molar-refractivity contribution in [2.24, 2.45) is 5.73 Å². The number of carbonyl (C=O) groups excluding carboxylic acids is 1. The molecule has 4 nitrogen and oxygen atoms in total. The summed E-state index contributed by atoms with van der Waals surface area (Å²) in [5.74, 6) is 0.662. The van der Waals surface area contributed by atoms with Crippen molar-refractivity contribution in [1.82, 2.24) is 4.90 Å². The second-order valence-electron chi connectivity index (χ2n) is 4.66. The first-order chi connectivity index (χ1) is 9.15. The largest absolute Gasteiger partial charge is 0.483 e. The van der Waals surface area contributed by atoms with Gasteiger partial charge in [0.25, 0.3) is 5.91 Å². The number of nitrogens with zero attached hydrogens (tertiary/aromatic N) is 1. The van der Waals surface area contributed by atoms with Crippen LogP contribution in [0.3, 0.4) is 0 Å². The lowest BCUT2D eigenvalue weighted by Crippen LogP contribution is -2.36. The smallest absolute Gasteiger partial charge is 0.260 e. The number of rotatable bonds is 6. The van der Waals surface area contributed by atoms with E-state index < -0.39 is 0 Å². The molecule has 1 aromatic carbocycles. The molecule has 0 unspecified atom stereocenters. The first kappa shape index (κ1) is 14.2. The number of hydrogen-bond donors (Lipinski definition) is 1. The number of ether oxygens (including phenoxy) is 1. The van der Waals surface area contributed by atoms with E-state index in [1.54, 1.807) is 18.2 Å². The minimum atomic E-state index is 0.0305. The zero-order chi connectivity index (χ0) is 13.8. The second-order valence-corrected chi connectivity index (χ2v) is 5.09. The molecule has 1 saturated carbocycles. The highest BCUT2D eigenvalue weighted by atomic mass is 35.5. The Balaban J connectivity index is 1.96. The highest BCUT2D eigenvalue weighted by Gasteiger charge is 2.31.